The summed E-state index contributed by atoms with van der Waals surface area (Å²) in [5, 5.41) is 0. The minimum absolute atomic E-state index is 0.993. The monoisotopic (exact) mass is 963 g/mol. The Morgan fingerprint density at radius 1 is 0.203 bits per heavy atom. The summed E-state index contributed by atoms with van der Waals surface area (Å²) >= 11 is 0. The van der Waals surface area contributed by atoms with Gasteiger partial charge in [0, 0.05) is 42.7 Å². The van der Waals surface area contributed by atoms with E-state index in [4.69, 9.17) is 0 Å². The van der Waals surface area contributed by atoms with Crippen LogP contribution in [0.25, 0.3) is 0 Å². The highest BCUT2D eigenvalue weighted by Gasteiger charge is 1.90. The van der Waals surface area contributed by atoms with Crippen LogP contribution in [0.5, 0.6) is 0 Å². The van der Waals surface area contributed by atoms with Crippen molar-refractivity contribution in [2.75, 3.05) is 56.0 Å². The average molecular weight is 963 g/mol. The van der Waals surface area contributed by atoms with Gasteiger partial charge >= 0.3 is 0 Å². The Bertz CT molecular complexity index is 1220. The first-order valence-corrected chi connectivity index (χ1v) is 22.6. The molecule has 0 bridgehead atoms. The Morgan fingerprint density at radius 2 is 0.232 bits per heavy atom. The van der Waals surface area contributed by atoms with Gasteiger partial charge in [-0.15, -0.1) is 78.9 Å². The highest BCUT2D eigenvalue weighted by molar-refractivity contribution is 7.85. The van der Waals surface area contributed by atoms with Gasteiger partial charge in [-0.25, -0.2) is 0 Å². The molecule has 0 saturated carbocycles. The predicted molar refractivity (Wildman–Crippen MR) is 313 cm³/mol. The zero-order chi connectivity index (χ0) is 55.0. The highest BCUT2D eigenvalue weighted by Crippen LogP contribution is 1.83. The van der Waals surface area contributed by atoms with Gasteiger partial charge in [0.15, 0.2) is 0 Å². The normalized spacial score (nSPS) is 7.01. The van der Waals surface area contributed by atoms with Crippen LogP contribution in [0.3, 0.4) is 0 Å². The summed E-state index contributed by atoms with van der Waals surface area (Å²) in [5.74, 6) is 0. The van der Waals surface area contributed by atoms with Crippen LogP contribution in [-0.2, 0) is 28.5 Å². The van der Waals surface area contributed by atoms with Crippen molar-refractivity contribution >= 4 is 10.1 Å². The molecule has 69 heavy (non-hydrogen) atoms. The second-order valence-corrected chi connectivity index (χ2v) is 11.9. The predicted octanol–water partition coefficient (Wildman–Crippen LogP) is 17.0. The zero-order valence-electron chi connectivity index (χ0n) is 43.6. The largest absolute Gasteiger partial charge is 0.388 e. The first-order chi connectivity index (χ1) is 33.8. The Labute approximate surface area is 424 Å². The fourth-order valence-corrected chi connectivity index (χ4v) is 2.69. The molecule has 0 atom stereocenters. The van der Waals surface area contributed by atoms with Crippen LogP contribution < -0.4 is 0 Å². The van der Waals surface area contributed by atoms with E-state index in [-0.39, 0.29) is 0 Å². The molecule has 0 saturated heterocycles. The number of hydrogen-bond donors (Lipinski definition) is 0. The van der Waals surface area contributed by atoms with Gasteiger partial charge in [0.25, 0.3) is 10.1 Å². The van der Waals surface area contributed by atoms with E-state index in [1.165, 1.54) is 0 Å². The number of ether oxygens (including phenoxy) is 3. The molecule has 0 amide bonds. The maximum Gasteiger partial charge on any atom is 0.264 e. The maximum absolute atomic E-state index is 9.78. The molecule has 0 aromatic heterocycles. The van der Waals surface area contributed by atoms with Crippen molar-refractivity contribution in [2.45, 2.75) is 0 Å². The molecule has 7 aromatic rings. The topological polar surface area (TPSA) is 71.1 Å². The molecule has 6 nitrogen and oxygen atoms in total. The van der Waals surface area contributed by atoms with E-state index in [0.29, 0.717) is 0 Å². The van der Waals surface area contributed by atoms with Gasteiger partial charge in [-0.1, -0.05) is 255 Å². The second kappa shape index (κ2) is 108. The third kappa shape index (κ3) is 147. The fourth-order valence-electron chi connectivity index (χ4n) is 2.69. The third-order valence-electron chi connectivity index (χ3n) is 4.97. The lowest BCUT2D eigenvalue weighted by molar-refractivity contribution is 0.277. The molecule has 7 rings (SSSR count). The van der Waals surface area contributed by atoms with E-state index in [1.54, 1.807) is 42.7 Å². The molecule has 0 N–H and O–H groups in total. The Hall–Kier alpha value is -7.23. The van der Waals surface area contributed by atoms with Crippen molar-refractivity contribution in [3.8, 4) is 0 Å². The Kier molecular flexibility index (Phi) is 134. The van der Waals surface area contributed by atoms with E-state index in [1.807, 2.05) is 255 Å². The lowest BCUT2D eigenvalue weighted by atomic mass is 10.4. The van der Waals surface area contributed by atoms with Crippen LogP contribution in [0.2, 0.25) is 0 Å². The molecule has 0 aliphatic carbocycles. The first kappa shape index (κ1) is 85.1. The summed E-state index contributed by atoms with van der Waals surface area (Å²) < 4.78 is 36.2. The lowest BCUT2D eigenvalue weighted by Crippen LogP contribution is -1.95. The van der Waals surface area contributed by atoms with Crippen molar-refractivity contribution in [3.05, 3.63) is 334 Å². The van der Waals surface area contributed by atoms with Crippen LogP contribution in [0.1, 0.15) is 0 Å². The van der Waals surface area contributed by atoms with Gasteiger partial charge in [-0.05, 0) is 0 Å². The van der Waals surface area contributed by atoms with Crippen molar-refractivity contribution < 1.29 is 26.8 Å². The minimum Gasteiger partial charge on any atom is -0.388 e. The second-order valence-electron chi connectivity index (χ2n) is 10.2. The van der Waals surface area contributed by atoms with E-state index < -0.39 is 10.1 Å². The van der Waals surface area contributed by atoms with Gasteiger partial charge in [0.1, 0.15) is 0 Å². The van der Waals surface area contributed by atoms with Crippen molar-refractivity contribution in [2.24, 2.45) is 0 Å². The number of rotatable bonds is 1. The number of hydrogen-bond acceptors (Lipinski definition) is 6. The summed E-state index contributed by atoms with van der Waals surface area (Å²) in [4.78, 5) is 0. The number of benzene rings is 7. The first-order valence-electron chi connectivity index (χ1n) is 20.8. The molecular weight excluding hydrogens is 873 g/mol. The molecule has 7 heteroatoms. The van der Waals surface area contributed by atoms with Gasteiger partial charge < -0.3 is 14.2 Å². The van der Waals surface area contributed by atoms with E-state index >= 15 is 0 Å². The molecule has 0 aliphatic rings. The van der Waals surface area contributed by atoms with Gasteiger partial charge in [-0.2, -0.15) is 8.42 Å². The SMILES string of the molecule is C=C.C=C.C=C.C=C.C=C.C=C.COC.COC.COC.COS(C)(=O)=O.c1ccccc1.c1ccccc1.c1ccccc1.c1ccccc1.c1ccccc1.c1ccccc1.c1ccccc1. The molecule has 0 unspecified atom stereocenters. The number of methoxy groups -OCH3 is 3. The van der Waals surface area contributed by atoms with Crippen molar-refractivity contribution in [3.63, 3.8) is 0 Å². The lowest BCUT2D eigenvalue weighted by Gasteiger charge is -1.84. The summed E-state index contributed by atoms with van der Waals surface area (Å²) in [7, 11) is 7.71. The molecule has 7 aromatic carbocycles. The molecule has 380 valence electrons. The highest BCUT2D eigenvalue weighted by atomic mass is 32.2. The van der Waals surface area contributed by atoms with Crippen LogP contribution in [0.4, 0.5) is 0 Å². The summed E-state index contributed by atoms with van der Waals surface area (Å²) in [5.41, 5.74) is 0. The summed E-state index contributed by atoms with van der Waals surface area (Å²) in [6.45, 7) is 36.0. The molecule has 0 heterocycles. The molecule has 0 spiro atoms. The van der Waals surface area contributed by atoms with Crippen LogP contribution in [0, 0.1) is 0 Å². The van der Waals surface area contributed by atoms with Crippen LogP contribution >= 0.6 is 0 Å². The third-order valence-corrected chi connectivity index (χ3v) is 5.57. The Balaban J connectivity index is -0.0000000683. The van der Waals surface area contributed by atoms with Gasteiger partial charge in [-0.3, -0.25) is 4.18 Å². The molecule has 0 fully saturated rings. The van der Waals surface area contributed by atoms with Crippen LogP contribution in [-0.4, -0.2) is 64.4 Å². The fraction of sp³-hybridized carbons (Fsp3) is 0.129. The van der Waals surface area contributed by atoms with E-state index in [0.717, 1.165) is 13.4 Å². The molecule has 0 aliphatic heterocycles. The maximum atomic E-state index is 9.78. The minimum atomic E-state index is -3.16. The standard InChI is InChI=1S/7C6H6.C2H6O3S.3C2H6O.6C2H4/c7*1-2-4-6-5-3-1;1-5-6(2,3)4;3*1-3-2;6*1-2/h7*1-6H;1-2H3;3*1-2H3;6*1-2H2. The quantitative estimate of drug-likeness (QED) is 0.121. The van der Waals surface area contributed by atoms with Gasteiger partial charge in [0.2, 0.25) is 0 Å². The van der Waals surface area contributed by atoms with E-state index in [2.05, 4.69) is 97.3 Å². The van der Waals surface area contributed by atoms with Crippen LogP contribution in [0.15, 0.2) is 334 Å². The summed E-state index contributed by atoms with van der Waals surface area (Å²) in [6, 6.07) is 84.0. The molecular formula is C62H90O6S. The smallest absolute Gasteiger partial charge is 0.264 e. The summed E-state index contributed by atoms with van der Waals surface area (Å²) in [6.07, 6.45) is 0.993. The molecule has 0 radical (unpaired) electrons. The zero-order valence-corrected chi connectivity index (χ0v) is 44.4. The van der Waals surface area contributed by atoms with Crippen molar-refractivity contribution in [1.82, 2.24) is 0 Å². The van der Waals surface area contributed by atoms with Crippen molar-refractivity contribution in [1.29, 1.82) is 0 Å². The Morgan fingerprint density at radius 3 is 0.246 bits per heavy atom. The van der Waals surface area contributed by atoms with Gasteiger partial charge in [0.05, 0.1) is 13.4 Å². The average Bonchev–Trinajstić information content (AvgIpc) is 3.47. The van der Waals surface area contributed by atoms with E-state index in [9.17, 15) is 8.42 Å².